The highest BCUT2D eigenvalue weighted by atomic mass is 35.5. The Morgan fingerprint density at radius 1 is 1.06 bits per heavy atom. The molecule has 1 amide bonds. The number of fused-ring (bicyclic) bond motifs is 3. The van der Waals surface area contributed by atoms with Crippen LogP contribution in [-0.2, 0) is 17.8 Å². The topological polar surface area (TPSA) is 95.3 Å². The average Bonchev–Trinajstić information content (AvgIpc) is 3.15. The van der Waals surface area contributed by atoms with E-state index in [0.717, 1.165) is 42.8 Å². The molecule has 0 bridgehead atoms. The summed E-state index contributed by atoms with van der Waals surface area (Å²) in [6, 6.07) is 7.93. The SMILES string of the molecule is CC(C)(C)OC(=O)N1Cc2cc(Cl)ccc2-n2c(nnc2C2CCC(Oc3ncccn3)CC2)C1. The normalized spacial score (nSPS) is 19.9. The van der Waals surface area contributed by atoms with Crippen LogP contribution in [0.3, 0.4) is 0 Å². The summed E-state index contributed by atoms with van der Waals surface area (Å²) in [5.74, 6) is 1.84. The number of carbonyl (C=O) groups is 1. The largest absolute Gasteiger partial charge is 0.460 e. The van der Waals surface area contributed by atoms with E-state index >= 15 is 0 Å². The standard InChI is InChI=1S/C25H29ClN6O3/c1-25(2,3)35-24(33)31-14-17-13-18(26)7-10-20(17)32-21(15-31)29-30-22(32)16-5-8-19(9-6-16)34-23-27-11-4-12-28-23/h4,7,10-13,16,19H,5-6,8-9,14-15H2,1-3H3. The van der Waals surface area contributed by atoms with Crippen molar-refractivity contribution in [1.82, 2.24) is 29.6 Å². The number of halogens is 1. The predicted octanol–water partition coefficient (Wildman–Crippen LogP) is 5.07. The Balaban J connectivity index is 1.40. The molecule has 2 aromatic heterocycles. The monoisotopic (exact) mass is 496 g/mol. The number of nitrogens with zero attached hydrogens (tertiary/aromatic N) is 6. The third-order valence-electron chi connectivity index (χ3n) is 6.24. The van der Waals surface area contributed by atoms with Gasteiger partial charge < -0.3 is 9.47 Å². The quantitative estimate of drug-likeness (QED) is 0.499. The van der Waals surface area contributed by atoms with Gasteiger partial charge in [-0.05, 0) is 76.3 Å². The molecule has 35 heavy (non-hydrogen) atoms. The van der Waals surface area contributed by atoms with Crippen molar-refractivity contribution in [1.29, 1.82) is 0 Å². The maximum absolute atomic E-state index is 13.0. The zero-order valence-corrected chi connectivity index (χ0v) is 20.9. The smallest absolute Gasteiger partial charge is 0.411 e. The maximum Gasteiger partial charge on any atom is 0.411 e. The second-order valence-corrected chi connectivity index (χ2v) is 10.5. The number of benzene rings is 1. The van der Waals surface area contributed by atoms with E-state index in [1.807, 2.05) is 39.0 Å². The molecular formula is C25H29ClN6O3. The van der Waals surface area contributed by atoms with Gasteiger partial charge >= 0.3 is 12.1 Å². The molecule has 1 fully saturated rings. The summed E-state index contributed by atoms with van der Waals surface area (Å²) in [6.07, 6.45) is 6.64. The van der Waals surface area contributed by atoms with Gasteiger partial charge in [0, 0.05) is 23.3 Å². The molecule has 3 aromatic rings. The van der Waals surface area contributed by atoms with Gasteiger partial charge in [0.2, 0.25) is 0 Å². The van der Waals surface area contributed by atoms with Crippen LogP contribution in [0.2, 0.25) is 5.02 Å². The molecule has 0 spiro atoms. The van der Waals surface area contributed by atoms with E-state index in [9.17, 15) is 4.79 Å². The van der Waals surface area contributed by atoms with Gasteiger partial charge in [0.05, 0.1) is 18.8 Å². The number of hydrogen-bond donors (Lipinski definition) is 0. The molecule has 3 heterocycles. The van der Waals surface area contributed by atoms with Gasteiger partial charge in [0.15, 0.2) is 5.82 Å². The second kappa shape index (κ2) is 9.45. The number of aromatic nitrogens is 5. The third kappa shape index (κ3) is 5.24. The van der Waals surface area contributed by atoms with Gasteiger partial charge in [-0.25, -0.2) is 14.8 Å². The van der Waals surface area contributed by atoms with Crippen LogP contribution in [0.15, 0.2) is 36.7 Å². The van der Waals surface area contributed by atoms with Crippen LogP contribution < -0.4 is 4.74 Å². The van der Waals surface area contributed by atoms with E-state index in [0.29, 0.717) is 29.9 Å². The number of ether oxygens (including phenoxy) is 2. The van der Waals surface area contributed by atoms with Crippen LogP contribution in [0.5, 0.6) is 6.01 Å². The lowest BCUT2D eigenvalue weighted by Gasteiger charge is -2.28. The molecule has 0 radical (unpaired) electrons. The van der Waals surface area contributed by atoms with Gasteiger partial charge in [-0.2, -0.15) is 0 Å². The maximum atomic E-state index is 13.0. The van der Waals surface area contributed by atoms with E-state index in [1.54, 1.807) is 23.4 Å². The highest BCUT2D eigenvalue weighted by molar-refractivity contribution is 6.30. The highest BCUT2D eigenvalue weighted by Crippen LogP contribution is 2.37. The molecule has 5 rings (SSSR count). The van der Waals surface area contributed by atoms with Crippen molar-refractivity contribution in [3.8, 4) is 11.7 Å². The van der Waals surface area contributed by atoms with Gasteiger partial charge in [-0.3, -0.25) is 9.47 Å². The lowest BCUT2D eigenvalue weighted by Crippen LogP contribution is -2.35. The molecule has 2 aliphatic rings. The lowest BCUT2D eigenvalue weighted by atomic mass is 9.86. The fourth-order valence-corrected chi connectivity index (χ4v) is 4.88. The zero-order chi connectivity index (χ0) is 24.6. The van der Waals surface area contributed by atoms with Crippen LogP contribution in [0.25, 0.3) is 5.69 Å². The van der Waals surface area contributed by atoms with E-state index in [4.69, 9.17) is 21.1 Å². The van der Waals surface area contributed by atoms with Gasteiger partial charge in [-0.15, -0.1) is 10.2 Å². The van der Waals surface area contributed by atoms with Crippen molar-refractivity contribution in [3.05, 3.63) is 58.9 Å². The molecule has 1 aromatic carbocycles. The molecule has 1 aliphatic carbocycles. The number of rotatable bonds is 3. The summed E-state index contributed by atoms with van der Waals surface area (Å²) in [5.41, 5.74) is 1.29. The van der Waals surface area contributed by atoms with E-state index in [2.05, 4.69) is 24.7 Å². The summed E-state index contributed by atoms with van der Waals surface area (Å²) in [5, 5.41) is 9.72. The van der Waals surface area contributed by atoms with Crippen molar-refractivity contribution in [3.63, 3.8) is 0 Å². The molecule has 0 atom stereocenters. The van der Waals surface area contributed by atoms with Gasteiger partial charge in [0.1, 0.15) is 17.5 Å². The first kappa shape index (κ1) is 23.5. The summed E-state index contributed by atoms with van der Waals surface area (Å²) in [7, 11) is 0. The summed E-state index contributed by atoms with van der Waals surface area (Å²) in [6.45, 7) is 6.26. The lowest BCUT2D eigenvalue weighted by molar-refractivity contribution is 0.0214. The fourth-order valence-electron chi connectivity index (χ4n) is 4.68. The van der Waals surface area contributed by atoms with E-state index in [1.165, 1.54) is 0 Å². The molecular weight excluding hydrogens is 468 g/mol. The molecule has 9 nitrogen and oxygen atoms in total. The fraction of sp³-hybridized carbons (Fsp3) is 0.480. The van der Waals surface area contributed by atoms with Crippen molar-refractivity contribution in [2.75, 3.05) is 0 Å². The molecule has 10 heteroatoms. The Morgan fingerprint density at radius 2 is 1.80 bits per heavy atom. The molecule has 1 aliphatic heterocycles. The minimum Gasteiger partial charge on any atom is -0.460 e. The summed E-state index contributed by atoms with van der Waals surface area (Å²) in [4.78, 5) is 23.0. The van der Waals surface area contributed by atoms with Gasteiger partial charge in [-0.1, -0.05) is 11.6 Å². The second-order valence-electron chi connectivity index (χ2n) is 10.0. The molecule has 184 valence electrons. The van der Waals surface area contributed by atoms with Crippen molar-refractivity contribution < 1.29 is 14.3 Å². The first-order valence-electron chi connectivity index (χ1n) is 11.9. The first-order valence-corrected chi connectivity index (χ1v) is 12.3. The van der Waals surface area contributed by atoms with Crippen LogP contribution in [0.4, 0.5) is 4.79 Å². The summed E-state index contributed by atoms with van der Waals surface area (Å²) < 4.78 is 13.7. The van der Waals surface area contributed by atoms with Crippen LogP contribution in [0.1, 0.15) is 69.6 Å². The minimum atomic E-state index is -0.592. The van der Waals surface area contributed by atoms with Crippen molar-refractivity contribution >= 4 is 17.7 Å². The minimum absolute atomic E-state index is 0.0777. The van der Waals surface area contributed by atoms with Crippen LogP contribution >= 0.6 is 11.6 Å². The molecule has 1 saturated carbocycles. The average molecular weight is 497 g/mol. The Bertz CT molecular complexity index is 1200. The van der Waals surface area contributed by atoms with Crippen LogP contribution in [0, 0.1) is 0 Å². The number of carbonyl (C=O) groups excluding carboxylic acids is 1. The highest BCUT2D eigenvalue weighted by Gasteiger charge is 2.33. The van der Waals surface area contributed by atoms with Gasteiger partial charge in [0.25, 0.3) is 0 Å². The Kier molecular flexibility index (Phi) is 6.35. The Hall–Kier alpha value is -3.20. The molecule has 0 unspecified atom stereocenters. The van der Waals surface area contributed by atoms with E-state index in [-0.39, 0.29) is 18.1 Å². The Morgan fingerprint density at radius 3 is 2.51 bits per heavy atom. The Labute approximate surface area is 209 Å². The third-order valence-corrected chi connectivity index (χ3v) is 6.47. The molecule has 0 saturated heterocycles. The number of hydrogen-bond acceptors (Lipinski definition) is 7. The van der Waals surface area contributed by atoms with E-state index < -0.39 is 5.60 Å². The molecule has 0 N–H and O–H groups in total. The van der Waals surface area contributed by atoms with Crippen LogP contribution in [-0.4, -0.2) is 47.4 Å². The zero-order valence-electron chi connectivity index (χ0n) is 20.1. The van der Waals surface area contributed by atoms with Crippen molar-refractivity contribution in [2.24, 2.45) is 0 Å². The summed E-state index contributed by atoms with van der Waals surface area (Å²) >= 11 is 6.34. The first-order chi connectivity index (χ1) is 16.8. The predicted molar refractivity (Wildman–Crippen MR) is 130 cm³/mol. The number of amides is 1. The van der Waals surface area contributed by atoms with Crippen molar-refractivity contribution in [2.45, 2.75) is 77.2 Å².